The van der Waals surface area contributed by atoms with Gasteiger partial charge in [-0.05, 0) is 18.2 Å². The van der Waals surface area contributed by atoms with E-state index in [-0.39, 0.29) is 12.1 Å². The van der Waals surface area contributed by atoms with E-state index in [4.69, 9.17) is 9.15 Å². The zero-order chi connectivity index (χ0) is 17.1. The Bertz CT molecular complexity index is 873. The maximum absolute atomic E-state index is 12.1. The number of carbonyl (C=O) groups is 1. The molecule has 0 saturated heterocycles. The number of benzene rings is 2. The van der Waals surface area contributed by atoms with Crippen molar-refractivity contribution in [3.63, 3.8) is 0 Å². The Morgan fingerprint density at radius 2 is 1.80 bits per heavy atom. The average molecular weight is 334 g/mol. The van der Waals surface area contributed by atoms with Crippen LogP contribution in [0.5, 0.6) is 5.75 Å². The molecule has 25 heavy (non-hydrogen) atoms. The summed E-state index contributed by atoms with van der Waals surface area (Å²) in [5.41, 5.74) is 2.01. The van der Waals surface area contributed by atoms with Gasteiger partial charge in [-0.1, -0.05) is 48.5 Å². The topological polar surface area (TPSA) is 63.5 Å². The molecule has 0 fully saturated rings. The first-order valence-electron chi connectivity index (χ1n) is 8.20. The first-order chi connectivity index (χ1) is 12.3. The van der Waals surface area contributed by atoms with Crippen molar-refractivity contribution < 1.29 is 13.9 Å². The highest BCUT2D eigenvalue weighted by atomic mass is 16.5. The van der Waals surface area contributed by atoms with Crippen molar-refractivity contribution in [3.8, 4) is 17.1 Å². The van der Waals surface area contributed by atoms with E-state index < -0.39 is 0 Å². The van der Waals surface area contributed by atoms with Crippen LogP contribution in [0.15, 0.2) is 71.1 Å². The van der Waals surface area contributed by atoms with Crippen molar-refractivity contribution in [2.45, 2.75) is 12.6 Å². The van der Waals surface area contributed by atoms with Crippen LogP contribution in [-0.2, 0) is 6.54 Å². The maximum Gasteiger partial charge on any atom is 0.315 e. The summed E-state index contributed by atoms with van der Waals surface area (Å²) in [5.74, 6) is 2.32. The number of ether oxygens (including phenoxy) is 1. The number of nitrogens with one attached hydrogen (secondary N) is 2. The average Bonchev–Trinajstić information content (AvgIpc) is 3.28. The summed E-state index contributed by atoms with van der Waals surface area (Å²) in [6.07, 6.45) is 0. The molecule has 1 aliphatic heterocycles. The van der Waals surface area contributed by atoms with E-state index in [1.807, 2.05) is 66.7 Å². The van der Waals surface area contributed by atoms with Gasteiger partial charge < -0.3 is 19.8 Å². The number of amides is 2. The van der Waals surface area contributed by atoms with Crippen molar-refractivity contribution in [1.29, 1.82) is 0 Å². The molecule has 126 valence electrons. The Labute approximate surface area is 145 Å². The Morgan fingerprint density at radius 3 is 2.68 bits per heavy atom. The molecule has 5 nitrogen and oxygen atoms in total. The fraction of sp³-hybridized carbons (Fsp3) is 0.150. The van der Waals surface area contributed by atoms with Crippen molar-refractivity contribution in [2.75, 3.05) is 6.61 Å². The molecule has 0 saturated carbocycles. The van der Waals surface area contributed by atoms with Crippen LogP contribution >= 0.6 is 0 Å². The van der Waals surface area contributed by atoms with E-state index in [9.17, 15) is 4.79 Å². The van der Waals surface area contributed by atoms with E-state index in [1.165, 1.54) is 0 Å². The summed E-state index contributed by atoms with van der Waals surface area (Å²) in [7, 11) is 0. The summed E-state index contributed by atoms with van der Waals surface area (Å²) >= 11 is 0. The van der Waals surface area contributed by atoms with Crippen LogP contribution in [-0.4, -0.2) is 12.6 Å². The number of carbonyl (C=O) groups excluding carboxylic acids is 1. The molecule has 4 rings (SSSR count). The van der Waals surface area contributed by atoms with E-state index in [0.29, 0.717) is 18.9 Å². The first kappa shape index (κ1) is 15.3. The number of hydrogen-bond acceptors (Lipinski definition) is 3. The lowest BCUT2D eigenvalue weighted by atomic mass is 10.1. The molecule has 0 unspecified atom stereocenters. The minimum Gasteiger partial charge on any atom is -0.491 e. The van der Waals surface area contributed by atoms with Crippen LogP contribution in [0, 0.1) is 0 Å². The van der Waals surface area contributed by atoms with Crippen LogP contribution in [0.3, 0.4) is 0 Å². The molecule has 1 aliphatic rings. The molecular weight excluding hydrogens is 316 g/mol. The molecule has 0 aliphatic carbocycles. The lowest BCUT2D eigenvalue weighted by molar-refractivity contribution is 0.231. The quantitative estimate of drug-likeness (QED) is 0.761. The lowest BCUT2D eigenvalue weighted by Crippen LogP contribution is -2.38. The number of hydrogen-bond donors (Lipinski definition) is 2. The Hall–Kier alpha value is -3.21. The summed E-state index contributed by atoms with van der Waals surface area (Å²) in [5, 5.41) is 5.75. The second-order valence-corrected chi connectivity index (χ2v) is 5.86. The smallest absolute Gasteiger partial charge is 0.315 e. The summed E-state index contributed by atoms with van der Waals surface area (Å²) in [4.78, 5) is 12.1. The van der Waals surface area contributed by atoms with E-state index in [1.54, 1.807) is 0 Å². The van der Waals surface area contributed by atoms with E-state index >= 15 is 0 Å². The van der Waals surface area contributed by atoms with Gasteiger partial charge >= 0.3 is 6.03 Å². The maximum atomic E-state index is 12.1. The van der Waals surface area contributed by atoms with Gasteiger partial charge in [-0.2, -0.15) is 0 Å². The molecule has 5 heteroatoms. The Kier molecular flexibility index (Phi) is 4.12. The second kappa shape index (κ2) is 6.73. The monoisotopic (exact) mass is 334 g/mol. The van der Waals surface area contributed by atoms with Crippen LogP contribution in [0.1, 0.15) is 17.4 Å². The number of para-hydroxylation sites is 1. The van der Waals surface area contributed by atoms with E-state index in [0.717, 1.165) is 22.6 Å². The minimum atomic E-state index is -0.247. The molecule has 1 aromatic heterocycles. The van der Waals surface area contributed by atoms with E-state index in [2.05, 4.69) is 10.6 Å². The van der Waals surface area contributed by atoms with Gasteiger partial charge in [-0.15, -0.1) is 0 Å². The van der Waals surface area contributed by atoms with Crippen LogP contribution in [0.4, 0.5) is 4.79 Å². The van der Waals surface area contributed by atoms with Crippen LogP contribution in [0.2, 0.25) is 0 Å². The molecule has 1 atom stereocenters. The highest BCUT2D eigenvalue weighted by Crippen LogP contribution is 2.31. The number of furan rings is 1. The third-order valence-corrected chi connectivity index (χ3v) is 4.15. The highest BCUT2D eigenvalue weighted by Gasteiger charge is 2.24. The Morgan fingerprint density at radius 1 is 1.00 bits per heavy atom. The van der Waals surface area contributed by atoms with Gasteiger partial charge in [0.15, 0.2) is 0 Å². The van der Waals surface area contributed by atoms with Gasteiger partial charge in [0, 0.05) is 11.1 Å². The predicted molar refractivity (Wildman–Crippen MR) is 94.2 cm³/mol. The van der Waals surface area contributed by atoms with Gasteiger partial charge in [0.2, 0.25) is 0 Å². The normalized spacial score (nSPS) is 15.3. The van der Waals surface area contributed by atoms with Gasteiger partial charge in [-0.25, -0.2) is 4.79 Å². The second-order valence-electron chi connectivity index (χ2n) is 5.86. The van der Waals surface area contributed by atoms with Crippen molar-refractivity contribution in [3.05, 3.63) is 78.1 Å². The third-order valence-electron chi connectivity index (χ3n) is 4.15. The summed E-state index contributed by atoms with van der Waals surface area (Å²) in [6.45, 7) is 0.777. The van der Waals surface area contributed by atoms with Gasteiger partial charge in [0.05, 0.1) is 12.6 Å². The first-order valence-corrected chi connectivity index (χ1v) is 8.20. The molecular formula is C20H18N2O3. The van der Waals surface area contributed by atoms with Crippen molar-refractivity contribution in [1.82, 2.24) is 10.6 Å². The number of urea groups is 1. The summed E-state index contributed by atoms with van der Waals surface area (Å²) in [6, 6.07) is 21.0. The molecule has 2 aromatic carbocycles. The third kappa shape index (κ3) is 3.35. The predicted octanol–water partition coefficient (Wildman–Crippen LogP) is 3.88. The molecule has 2 amide bonds. The SMILES string of the molecule is O=C(NCc1ccc(-c2ccccc2)o1)N[C@@H]1COc2ccccc21. The largest absolute Gasteiger partial charge is 0.491 e. The van der Waals surface area contributed by atoms with Gasteiger partial charge in [-0.3, -0.25) is 0 Å². The van der Waals surface area contributed by atoms with Crippen LogP contribution in [0.25, 0.3) is 11.3 Å². The Balaban J connectivity index is 1.33. The number of rotatable bonds is 4. The zero-order valence-corrected chi connectivity index (χ0v) is 13.6. The minimum absolute atomic E-state index is 0.132. The fourth-order valence-electron chi connectivity index (χ4n) is 2.89. The van der Waals surface area contributed by atoms with Gasteiger partial charge in [0.1, 0.15) is 23.9 Å². The molecule has 2 heterocycles. The fourth-order valence-corrected chi connectivity index (χ4v) is 2.89. The zero-order valence-electron chi connectivity index (χ0n) is 13.6. The van der Waals surface area contributed by atoms with Crippen LogP contribution < -0.4 is 15.4 Å². The van der Waals surface area contributed by atoms with Crippen molar-refractivity contribution in [2.24, 2.45) is 0 Å². The standard InChI is InChI=1S/C20H18N2O3/c23-20(22-17-13-24-19-9-5-4-8-16(17)19)21-12-15-10-11-18(25-15)14-6-2-1-3-7-14/h1-11,17H,12-13H2,(H2,21,22,23)/t17-/m1/s1. The number of fused-ring (bicyclic) bond motifs is 1. The molecule has 3 aromatic rings. The van der Waals surface area contributed by atoms with Gasteiger partial charge in [0.25, 0.3) is 0 Å². The molecule has 0 radical (unpaired) electrons. The molecule has 0 spiro atoms. The lowest BCUT2D eigenvalue weighted by Gasteiger charge is -2.12. The molecule has 2 N–H and O–H groups in total. The summed E-state index contributed by atoms with van der Waals surface area (Å²) < 4.78 is 11.3. The van der Waals surface area contributed by atoms with Crippen molar-refractivity contribution >= 4 is 6.03 Å². The highest BCUT2D eigenvalue weighted by molar-refractivity contribution is 5.74. The molecule has 0 bridgehead atoms.